The molecule has 0 aliphatic carbocycles. The molecular weight excluding hydrogens is 1410 g/mol. The molecule has 0 saturated carbocycles. The van der Waals surface area contributed by atoms with Crippen LogP contribution < -0.4 is 39.6 Å². The van der Waals surface area contributed by atoms with Crippen LogP contribution in [0.3, 0.4) is 0 Å². The molecule has 0 unspecified atom stereocenters. The number of aliphatic hydroxyl groups excluding tert-OH is 6. The van der Waals surface area contributed by atoms with Gasteiger partial charge in [-0.25, -0.2) is 34.7 Å². The van der Waals surface area contributed by atoms with Gasteiger partial charge in [-0.1, -0.05) is 82.9 Å². The van der Waals surface area contributed by atoms with Crippen LogP contribution in [0.15, 0.2) is 29.2 Å². The molecule has 15 N–H and O–H groups in total. The largest absolute Gasteiger partial charge is 1.00 e. The molecule has 4 fully saturated rings. The first kappa shape index (κ1) is 84.6. The van der Waals surface area contributed by atoms with Crippen molar-refractivity contribution in [3.05, 3.63) is 29.8 Å². The average Bonchev–Trinajstić information content (AvgIpc) is 0.764. The molecule has 0 radical (unpaired) electrons. The third-order valence-electron chi connectivity index (χ3n) is 13.7. The minimum absolute atomic E-state index is 0. The molecule has 42 nitrogen and oxygen atoms in total. The quantitative estimate of drug-likeness (QED) is 0.0177. The third kappa shape index (κ3) is 27.2. The van der Waals surface area contributed by atoms with Gasteiger partial charge in [0.1, 0.15) is 83.2 Å². The number of aryl methyl sites for hydroxylation is 1. The van der Waals surface area contributed by atoms with Crippen LogP contribution in [0.25, 0.3) is 0 Å². The number of unbranched alkanes of at least 4 members (excludes halogenated alkanes) is 9. The fourth-order valence-corrected chi connectivity index (χ4v) is 12.9. The van der Waals surface area contributed by atoms with E-state index in [1.165, 1.54) is 62.2 Å². The van der Waals surface area contributed by atoms with E-state index in [2.05, 4.69) is 23.7 Å². The fourth-order valence-electron chi connectivity index (χ4n) is 9.81. The predicted octanol–water partition coefficient (Wildman–Crippen LogP) is -8.65. The Morgan fingerprint density at radius 1 is 0.538 bits per heavy atom. The van der Waals surface area contributed by atoms with Crippen LogP contribution in [0.2, 0.25) is 0 Å². The Hall–Kier alpha value is -2.63. The van der Waals surface area contributed by atoms with Gasteiger partial charge in [-0.2, -0.15) is 46.8 Å². The van der Waals surface area contributed by atoms with Crippen LogP contribution in [0.1, 0.15) is 83.6 Å². The number of aliphatic carboxylic acids is 2. The van der Waals surface area contributed by atoms with Crippen molar-refractivity contribution in [3.8, 4) is 0 Å². The molecule has 1 aromatic rings. The topological polar surface area (TPSA) is 668 Å². The summed E-state index contributed by atoms with van der Waals surface area (Å²) >= 11 is 0. The number of benzene rings is 1. The molecule has 0 bridgehead atoms. The summed E-state index contributed by atoms with van der Waals surface area (Å²) in [6.45, 7) is -0.00712. The predicted molar refractivity (Wildman–Crippen MR) is 291 cm³/mol. The normalized spacial score (nSPS) is 32.3. The average molecular weight is 1480 g/mol. The number of aliphatic hydroxyl groups is 6. The molecule has 5 rings (SSSR count). The summed E-state index contributed by atoms with van der Waals surface area (Å²) in [4.78, 5) is 36.4. The van der Waals surface area contributed by atoms with Crippen molar-refractivity contribution in [2.24, 2.45) is 0 Å². The Balaban J connectivity index is 0.000000827. The number of hydrogen-bond donors (Lipinski definition) is 15. The summed E-state index contributed by atoms with van der Waals surface area (Å²) in [7, 11) is -33.5. The standard InChI is InChI=1S/C26H42N2O37S5.C18H30O3S.Na/c1-4(30)27-7-9(31)13(6(56-23(7)39)3-55-67(43,44)45)58-26-19(65-70(52,53)54)12(34)16(20(62-26)22(37)38)60-24-8(28-66(40,41)42)15(63-68(46,47)48)14(5(2-29)57-24)59-25-18(64-69(49,50)51)11(33)10(32)17(61-25)21(35)36;1-2-3-4-5-6-7-8-9-10-11-14-17-15-12-13-16-18(17)22(19,20)21;/h5-20,23-26,28-29,31-34,39H,2-3H2,1H3,(H,27,30)(H,35,36)(H,37,38)(H,40,41,42)(H,43,44,45)(H,46,47,48)(H,49,50,51)(H,52,53,54);12-13,15-16H,2-11,14H2,1H3,(H,19,20,21);/q;;+1/p-1/t5-,6+,7-,8-,9-,10-,11-,12+,13-,14-,15-,16+,17-,18+,19-,20+,23-,24+,25+,26-;;/m1../s1. The van der Waals surface area contributed by atoms with Gasteiger partial charge in [-0.15, -0.1) is 0 Å². The van der Waals surface area contributed by atoms with E-state index in [1.807, 2.05) is 5.32 Å². The van der Waals surface area contributed by atoms with Crippen molar-refractivity contribution < 1.29 is 213 Å². The number of amides is 1. The van der Waals surface area contributed by atoms with Crippen LogP contribution in [0.5, 0.6) is 0 Å². The van der Waals surface area contributed by atoms with Gasteiger partial charge in [0, 0.05) is 6.92 Å². The van der Waals surface area contributed by atoms with Gasteiger partial charge in [0.2, 0.25) is 5.91 Å². The summed E-state index contributed by atoms with van der Waals surface area (Å²) in [5.41, 5.74) is 0.664. The van der Waals surface area contributed by atoms with E-state index >= 15 is 0 Å². The number of hydrogen-bond acceptors (Lipinski definition) is 33. The van der Waals surface area contributed by atoms with E-state index in [1.54, 1.807) is 18.2 Å². The maximum absolute atomic E-state index is 12.7. The second-order valence-corrected chi connectivity index (χ2v) is 27.4. The minimum Gasteiger partial charge on any atom is -0.744 e. The van der Waals surface area contributed by atoms with Crippen molar-refractivity contribution in [1.82, 2.24) is 10.0 Å². The minimum atomic E-state index is -6.09. The molecule has 1 aromatic carbocycles. The van der Waals surface area contributed by atoms with Gasteiger partial charge in [0.25, 0.3) is 0 Å². The first-order valence-electron chi connectivity index (χ1n) is 27.1. The Morgan fingerprint density at radius 2 is 1.01 bits per heavy atom. The molecule has 4 heterocycles. The van der Waals surface area contributed by atoms with Crippen LogP contribution in [-0.4, -0.2) is 272 Å². The zero-order valence-electron chi connectivity index (χ0n) is 48.8. The molecule has 20 atom stereocenters. The summed E-state index contributed by atoms with van der Waals surface area (Å²) < 4.78 is 256. The third-order valence-corrected chi connectivity index (χ3v) is 17.1. The second-order valence-electron chi connectivity index (χ2n) is 20.6. The number of rotatable bonds is 33. The molecule has 49 heteroatoms. The van der Waals surface area contributed by atoms with Crippen molar-refractivity contribution in [2.45, 2.75) is 212 Å². The Bertz CT molecular complexity index is 3300. The first-order chi connectivity index (χ1) is 42.4. The summed E-state index contributed by atoms with van der Waals surface area (Å²) in [5, 5.41) is 86.0. The number of nitrogens with one attached hydrogen (secondary N) is 2. The maximum atomic E-state index is 12.7. The van der Waals surface area contributed by atoms with E-state index in [9.17, 15) is 129 Å². The molecule has 1 amide bonds. The molecule has 0 aromatic heterocycles. The fraction of sp³-hybridized carbons (Fsp3) is 0.795. The first-order valence-corrected chi connectivity index (χ1v) is 35.4. The van der Waals surface area contributed by atoms with Crippen molar-refractivity contribution >= 4 is 79.9 Å². The van der Waals surface area contributed by atoms with Crippen molar-refractivity contribution in [2.75, 3.05) is 13.2 Å². The Kier molecular flexibility index (Phi) is 33.2. The Morgan fingerprint density at radius 3 is 1.48 bits per heavy atom. The number of carbonyl (C=O) groups excluding carboxylic acids is 1. The summed E-state index contributed by atoms with van der Waals surface area (Å²) in [6, 6.07) is 1.60. The van der Waals surface area contributed by atoms with Gasteiger partial charge in [0.15, 0.2) is 49.6 Å². The van der Waals surface area contributed by atoms with Gasteiger partial charge in [-0.3, -0.25) is 27.6 Å². The van der Waals surface area contributed by atoms with Gasteiger partial charge < -0.3 is 83.9 Å². The van der Waals surface area contributed by atoms with Crippen LogP contribution in [0.4, 0.5) is 0 Å². The SMILES string of the molecule is CC(=O)N[C@@H]1[C@@H](O)[C@H](O[C@@H]2O[C@H](C(=O)O)[C@@H](O[C@@H]3O[C@H](CO)[C@@H](O[C@H]4O[C@@H](C(=O)O)[C@H](O)[C@@H](O)[C@@H]4OS(=O)(=O)O)[C@H](OS(=O)(=O)O)[C@H]3NS(=O)(=O)O)[C@H](O)[C@H]2OS(=O)(=O)O)[C@H](COS(=O)(=O)O)O[C@H]1O.CCCCCCCCCCCCc1ccccc1S(=O)(=O)[O-].[Na+]. The summed E-state index contributed by atoms with van der Waals surface area (Å²) in [6.07, 6.45) is -35.9. The van der Waals surface area contributed by atoms with Crippen molar-refractivity contribution in [3.63, 3.8) is 0 Å². The van der Waals surface area contributed by atoms with Gasteiger partial charge in [0.05, 0.1) is 18.1 Å². The monoisotopic (exact) mass is 1480 g/mol. The molecule has 4 aliphatic heterocycles. The maximum Gasteiger partial charge on any atom is 1.00 e. The molecular formula is C44H71N2NaO40S6. The molecule has 4 aliphatic rings. The number of carbonyl (C=O) groups is 3. The zero-order chi connectivity index (χ0) is 69.6. The molecule has 4 saturated heterocycles. The van der Waals surface area contributed by atoms with E-state index in [0.717, 1.165) is 19.8 Å². The van der Waals surface area contributed by atoms with Crippen molar-refractivity contribution in [1.29, 1.82) is 0 Å². The van der Waals surface area contributed by atoms with Gasteiger partial charge >= 0.3 is 93.4 Å². The number of carboxylic acids is 2. The van der Waals surface area contributed by atoms with Gasteiger partial charge in [-0.05, 0) is 24.5 Å². The van der Waals surface area contributed by atoms with E-state index in [0.29, 0.717) is 12.0 Å². The zero-order valence-corrected chi connectivity index (χ0v) is 55.7. The van der Waals surface area contributed by atoms with E-state index in [4.69, 9.17) is 37.7 Å². The Labute approximate surface area is 554 Å². The smallest absolute Gasteiger partial charge is 0.744 e. The molecule has 0 spiro atoms. The molecule has 93 heavy (non-hydrogen) atoms. The van der Waals surface area contributed by atoms with Crippen LogP contribution in [-0.2, 0) is 133 Å². The number of carboxylic acid groups (broad SMARTS) is 2. The van der Waals surface area contributed by atoms with E-state index in [-0.39, 0.29) is 34.5 Å². The van der Waals surface area contributed by atoms with Crippen LogP contribution >= 0.6 is 0 Å². The number of ether oxygens (including phenoxy) is 7. The molecule has 534 valence electrons. The van der Waals surface area contributed by atoms with Crippen LogP contribution in [0, 0.1) is 0 Å². The summed E-state index contributed by atoms with van der Waals surface area (Å²) in [5.74, 6) is -5.49. The van der Waals surface area contributed by atoms with E-state index < -0.39 is 216 Å². The second kappa shape index (κ2) is 36.5.